The zero-order valence-corrected chi connectivity index (χ0v) is 7.13. The fourth-order valence-corrected chi connectivity index (χ4v) is 0.285. The van der Waals surface area contributed by atoms with Crippen LogP contribution in [0.15, 0.2) is 0 Å². The molecule has 2 N–H and O–H groups in total. The molecule has 0 aromatic carbocycles. The van der Waals surface area contributed by atoms with Crippen molar-refractivity contribution in [3.63, 3.8) is 0 Å². The van der Waals surface area contributed by atoms with Crippen molar-refractivity contribution in [3.8, 4) is 6.07 Å². The Labute approximate surface area is 66.9 Å². The van der Waals surface area contributed by atoms with Crippen LogP contribution in [0.25, 0.3) is 0 Å². The number of nitrogens with two attached hydrogens (primary N) is 1. The smallest absolute Gasteiger partial charge is 0.337 e. The molecule has 64 valence electrons. The summed E-state index contributed by atoms with van der Waals surface area (Å²) in [6.45, 7) is 5.91. The van der Waals surface area contributed by atoms with Crippen molar-refractivity contribution in [2.24, 2.45) is 5.73 Å². The summed E-state index contributed by atoms with van der Waals surface area (Å²) >= 11 is 0. The number of rotatable bonds is 2. The van der Waals surface area contributed by atoms with Gasteiger partial charge in [0, 0.05) is 0 Å². The average molecular weight is 158 g/mol. The van der Waals surface area contributed by atoms with E-state index in [2.05, 4.69) is 4.74 Å². The molecule has 0 bridgehead atoms. The van der Waals surface area contributed by atoms with Crippen molar-refractivity contribution in [2.45, 2.75) is 26.8 Å². The van der Waals surface area contributed by atoms with Crippen LogP contribution in [0.2, 0.25) is 0 Å². The molecule has 0 aliphatic rings. The monoisotopic (exact) mass is 158 g/mol. The lowest BCUT2D eigenvalue weighted by molar-refractivity contribution is -0.143. The largest absolute Gasteiger partial charge is 0.464 e. The van der Waals surface area contributed by atoms with E-state index in [1.54, 1.807) is 13.0 Å². The second-order valence-corrected chi connectivity index (χ2v) is 1.36. The van der Waals surface area contributed by atoms with Gasteiger partial charge in [0.15, 0.2) is 6.04 Å². The van der Waals surface area contributed by atoms with Crippen molar-refractivity contribution in [1.29, 1.82) is 5.26 Å². The van der Waals surface area contributed by atoms with Crippen LogP contribution in [-0.2, 0) is 9.53 Å². The summed E-state index contributed by atoms with van der Waals surface area (Å²) in [6.07, 6.45) is 0. The Kier molecular flexibility index (Phi) is 10.2. The van der Waals surface area contributed by atoms with Crippen LogP contribution in [0, 0.1) is 11.3 Å². The Morgan fingerprint density at radius 1 is 1.73 bits per heavy atom. The summed E-state index contributed by atoms with van der Waals surface area (Å²) in [5, 5.41) is 8.06. The first-order valence-corrected chi connectivity index (χ1v) is 3.54. The molecule has 0 heterocycles. The Hall–Kier alpha value is -1.08. The van der Waals surface area contributed by atoms with E-state index in [1.807, 2.05) is 13.8 Å². The van der Waals surface area contributed by atoms with Crippen LogP contribution >= 0.6 is 0 Å². The number of hydrogen-bond donors (Lipinski definition) is 1. The molecule has 0 aliphatic carbocycles. The van der Waals surface area contributed by atoms with Crippen LogP contribution in [0.1, 0.15) is 20.8 Å². The third-order valence-corrected chi connectivity index (χ3v) is 0.680. The summed E-state index contributed by atoms with van der Waals surface area (Å²) in [4.78, 5) is 10.4. The zero-order chi connectivity index (χ0) is 9.28. The average Bonchev–Trinajstić information content (AvgIpc) is 2.07. The first-order valence-electron chi connectivity index (χ1n) is 3.54. The minimum atomic E-state index is -1.13. The van der Waals surface area contributed by atoms with Crippen molar-refractivity contribution in [3.05, 3.63) is 0 Å². The minimum Gasteiger partial charge on any atom is -0.464 e. The van der Waals surface area contributed by atoms with Crippen LogP contribution in [0.5, 0.6) is 0 Å². The maximum Gasteiger partial charge on any atom is 0.337 e. The maximum absolute atomic E-state index is 10.4. The van der Waals surface area contributed by atoms with Gasteiger partial charge < -0.3 is 10.5 Å². The fraction of sp³-hybridized carbons (Fsp3) is 0.714. The molecule has 0 spiro atoms. The number of nitrogens with zero attached hydrogens (tertiary/aromatic N) is 1. The van der Waals surface area contributed by atoms with Gasteiger partial charge in [0.05, 0.1) is 12.7 Å². The van der Waals surface area contributed by atoms with E-state index in [9.17, 15) is 4.79 Å². The van der Waals surface area contributed by atoms with E-state index in [4.69, 9.17) is 11.0 Å². The zero-order valence-electron chi connectivity index (χ0n) is 7.13. The number of nitriles is 1. The maximum atomic E-state index is 10.4. The molecule has 1 atom stereocenters. The molecular weight excluding hydrogens is 144 g/mol. The van der Waals surface area contributed by atoms with E-state index in [0.29, 0.717) is 0 Å². The van der Waals surface area contributed by atoms with Gasteiger partial charge in [0.2, 0.25) is 0 Å². The SMILES string of the molecule is CC.CCOC(=O)C(N)C#N. The Bertz CT molecular complexity index is 140. The Balaban J connectivity index is 0. The van der Waals surface area contributed by atoms with Gasteiger partial charge in [0.25, 0.3) is 0 Å². The van der Waals surface area contributed by atoms with Crippen molar-refractivity contribution >= 4 is 5.97 Å². The van der Waals surface area contributed by atoms with Gasteiger partial charge in [-0.25, -0.2) is 4.79 Å². The summed E-state index contributed by atoms with van der Waals surface area (Å²) < 4.78 is 4.41. The molecule has 0 aromatic heterocycles. The first-order chi connectivity index (χ1) is 5.22. The summed E-state index contributed by atoms with van der Waals surface area (Å²) in [5.41, 5.74) is 4.97. The minimum absolute atomic E-state index is 0.258. The lowest BCUT2D eigenvalue weighted by Crippen LogP contribution is -2.30. The quantitative estimate of drug-likeness (QED) is 0.591. The standard InChI is InChI=1S/C5H8N2O2.C2H6/c1-2-9-5(8)4(7)3-6;1-2/h4H,2,7H2,1H3;1-2H3. The molecule has 0 aliphatic heterocycles. The van der Waals surface area contributed by atoms with E-state index in [1.165, 1.54) is 0 Å². The third kappa shape index (κ3) is 6.81. The van der Waals surface area contributed by atoms with Crippen LogP contribution < -0.4 is 5.73 Å². The second kappa shape index (κ2) is 8.92. The molecule has 0 saturated carbocycles. The molecule has 1 unspecified atom stereocenters. The molecular formula is C7H14N2O2. The molecule has 0 amide bonds. The molecule has 0 rings (SSSR count). The van der Waals surface area contributed by atoms with E-state index >= 15 is 0 Å². The van der Waals surface area contributed by atoms with Gasteiger partial charge in [-0.05, 0) is 6.92 Å². The van der Waals surface area contributed by atoms with Crippen LogP contribution in [0.3, 0.4) is 0 Å². The number of carbonyl (C=O) groups excluding carboxylic acids is 1. The fourth-order valence-electron chi connectivity index (χ4n) is 0.285. The van der Waals surface area contributed by atoms with Gasteiger partial charge >= 0.3 is 5.97 Å². The topological polar surface area (TPSA) is 76.1 Å². The molecule has 11 heavy (non-hydrogen) atoms. The predicted molar refractivity (Wildman–Crippen MR) is 41.6 cm³/mol. The van der Waals surface area contributed by atoms with Gasteiger partial charge in [-0.15, -0.1) is 0 Å². The highest BCUT2D eigenvalue weighted by Crippen LogP contribution is 1.81. The summed E-state index contributed by atoms with van der Waals surface area (Å²) in [6, 6.07) is 0.418. The molecule has 0 fully saturated rings. The summed E-state index contributed by atoms with van der Waals surface area (Å²) in [5.74, 6) is -0.667. The lowest BCUT2D eigenvalue weighted by Gasteiger charge is -2.00. The Morgan fingerprint density at radius 2 is 2.18 bits per heavy atom. The normalized spacial score (nSPS) is 10.1. The van der Waals surface area contributed by atoms with Crippen molar-refractivity contribution in [1.82, 2.24) is 0 Å². The first kappa shape index (κ1) is 12.6. The number of ether oxygens (including phenoxy) is 1. The highest BCUT2D eigenvalue weighted by Gasteiger charge is 2.11. The summed E-state index contributed by atoms with van der Waals surface area (Å²) in [7, 11) is 0. The number of carbonyl (C=O) groups is 1. The van der Waals surface area contributed by atoms with Crippen molar-refractivity contribution < 1.29 is 9.53 Å². The van der Waals surface area contributed by atoms with E-state index in [0.717, 1.165) is 0 Å². The number of hydrogen-bond acceptors (Lipinski definition) is 4. The molecule has 4 nitrogen and oxygen atoms in total. The highest BCUT2D eigenvalue weighted by molar-refractivity contribution is 5.78. The lowest BCUT2D eigenvalue weighted by atomic mass is 10.4. The molecule has 0 radical (unpaired) electrons. The van der Waals surface area contributed by atoms with Gasteiger partial charge in [-0.2, -0.15) is 5.26 Å². The predicted octanol–water partition coefficient (Wildman–Crippen LogP) is 0.427. The van der Waals surface area contributed by atoms with E-state index in [-0.39, 0.29) is 6.61 Å². The van der Waals surface area contributed by atoms with E-state index < -0.39 is 12.0 Å². The van der Waals surface area contributed by atoms with Crippen LogP contribution in [0.4, 0.5) is 0 Å². The van der Waals surface area contributed by atoms with Crippen molar-refractivity contribution in [2.75, 3.05) is 6.61 Å². The highest BCUT2D eigenvalue weighted by atomic mass is 16.5. The van der Waals surface area contributed by atoms with Gasteiger partial charge in [0.1, 0.15) is 0 Å². The second-order valence-electron chi connectivity index (χ2n) is 1.36. The number of esters is 1. The molecule has 0 saturated heterocycles. The van der Waals surface area contributed by atoms with Crippen LogP contribution in [-0.4, -0.2) is 18.6 Å². The Morgan fingerprint density at radius 3 is 2.45 bits per heavy atom. The molecule has 4 heteroatoms. The third-order valence-electron chi connectivity index (χ3n) is 0.680. The van der Waals surface area contributed by atoms with Gasteiger partial charge in [-0.3, -0.25) is 0 Å². The molecule has 0 aromatic rings. The van der Waals surface area contributed by atoms with Gasteiger partial charge in [-0.1, -0.05) is 13.8 Å².